The van der Waals surface area contributed by atoms with Crippen LogP contribution in [-0.4, -0.2) is 56.2 Å². The molecule has 204 valence electrons. The predicted octanol–water partition coefficient (Wildman–Crippen LogP) is 4.18. The van der Waals surface area contributed by atoms with Gasteiger partial charge in [-0.1, -0.05) is 6.92 Å². The van der Waals surface area contributed by atoms with Crippen LogP contribution in [-0.2, 0) is 4.74 Å². The van der Waals surface area contributed by atoms with Gasteiger partial charge in [0.2, 0.25) is 5.95 Å². The summed E-state index contributed by atoms with van der Waals surface area (Å²) in [5.41, 5.74) is 8.46. The fourth-order valence-electron chi connectivity index (χ4n) is 5.58. The van der Waals surface area contributed by atoms with E-state index in [9.17, 15) is 5.11 Å². The first-order valence-corrected chi connectivity index (χ1v) is 13.1. The molecule has 1 saturated carbocycles. The van der Waals surface area contributed by atoms with Crippen LogP contribution in [0.1, 0.15) is 37.7 Å². The zero-order valence-corrected chi connectivity index (χ0v) is 21.4. The van der Waals surface area contributed by atoms with Crippen LogP contribution >= 0.6 is 0 Å². The number of pyridine rings is 1. The summed E-state index contributed by atoms with van der Waals surface area (Å²) in [6.45, 7) is 2.96. The Bertz CT molecular complexity index is 1460. The summed E-state index contributed by atoms with van der Waals surface area (Å²) >= 11 is 0. The molecule has 4 heterocycles. The molecule has 5 atom stereocenters. The Kier molecular flexibility index (Phi) is 6.88. The third-order valence-corrected chi connectivity index (χ3v) is 7.62. The number of benzene rings is 1. The molecule has 2 aliphatic rings. The molecule has 4 aromatic rings. The smallest absolute Gasteiger partial charge is 0.229 e. The van der Waals surface area contributed by atoms with Gasteiger partial charge in [-0.05, 0) is 48.4 Å². The molecule has 1 aromatic carbocycles. The van der Waals surface area contributed by atoms with Crippen molar-refractivity contribution in [3.63, 3.8) is 0 Å². The number of nitrogens with zero attached hydrogens (tertiary/aromatic N) is 4. The zero-order valence-electron chi connectivity index (χ0n) is 21.4. The summed E-state index contributed by atoms with van der Waals surface area (Å²) in [5, 5.41) is 18.1. The Labute approximate surface area is 224 Å². The standard InChI is InChI=1S/C28H30F2N6O3/c1-15-8-16(9-23(31)27(15)37)20-4-6-32-13-25(20)34-28-33-12-17-2-3-24(35-36(17)28)26-21(29)10-19(11-22(26)30)39-18-5-7-38-14-18/h2-4,6,10-13,15-16,18,23,27,37H,5,7-9,14,31H2,1H3,(H,33,34). The fraction of sp³-hybridized carbons (Fsp3) is 0.393. The quantitative estimate of drug-likeness (QED) is 0.336. The minimum absolute atomic E-state index is 0.0596. The monoisotopic (exact) mass is 536 g/mol. The number of hydrogen-bond acceptors (Lipinski definition) is 8. The molecule has 39 heavy (non-hydrogen) atoms. The van der Waals surface area contributed by atoms with Gasteiger partial charge in [-0.2, -0.15) is 9.61 Å². The molecule has 0 bridgehead atoms. The number of aliphatic hydroxyl groups is 1. The van der Waals surface area contributed by atoms with Gasteiger partial charge in [-0.15, -0.1) is 0 Å². The van der Waals surface area contributed by atoms with Crippen molar-refractivity contribution < 1.29 is 23.4 Å². The number of hydrogen-bond donors (Lipinski definition) is 3. The Morgan fingerprint density at radius 1 is 1.15 bits per heavy atom. The molecular formula is C28H30F2N6O3. The molecule has 0 spiro atoms. The van der Waals surface area contributed by atoms with E-state index in [0.717, 1.165) is 17.7 Å². The second-order valence-corrected chi connectivity index (χ2v) is 10.4. The molecule has 1 saturated heterocycles. The van der Waals surface area contributed by atoms with E-state index in [0.29, 0.717) is 37.5 Å². The molecule has 5 unspecified atom stereocenters. The lowest BCUT2D eigenvalue weighted by Gasteiger charge is -2.36. The molecule has 9 nitrogen and oxygen atoms in total. The average Bonchev–Trinajstić information content (AvgIpc) is 3.57. The van der Waals surface area contributed by atoms with Gasteiger partial charge in [0, 0.05) is 30.8 Å². The average molecular weight is 537 g/mol. The van der Waals surface area contributed by atoms with Crippen LogP contribution in [0.25, 0.3) is 16.8 Å². The van der Waals surface area contributed by atoms with Crippen molar-refractivity contribution in [1.82, 2.24) is 19.6 Å². The number of rotatable bonds is 6. The maximum absolute atomic E-state index is 15.1. The number of halogens is 2. The lowest BCUT2D eigenvalue weighted by Crippen LogP contribution is -2.44. The maximum atomic E-state index is 15.1. The lowest BCUT2D eigenvalue weighted by molar-refractivity contribution is 0.0521. The first-order valence-electron chi connectivity index (χ1n) is 13.1. The molecule has 1 aliphatic carbocycles. The van der Waals surface area contributed by atoms with Gasteiger partial charge in [0.15, 0.2) is 0 Å². The lowest BCUT2D eigenvalue weighted by atomic mass is 9.74. The number of aliphatic hydroxyl groups excluding tert-OH is 1. The number of imidazole rings is 1. The van der Waals surface area contributed by atoms with Crippen molar-refractivity contribution in [2.75, 3.05) is 18.5 Å². The molecule has 4 N–H and O–H groups in total. The van der Waals surface area contributed by atoms with E-state index in [2.05, 4.69) is 20.4 Å². The molecule has 1 aliphatic heterocycles. The molecule has 11 heteroatoms. The Morgan fingerprint density at radius 3 is 2.72 bits per heavy atom. The van der Waals surface area contributed by atoms with E-state index < -0.39 is 17.7 Å². The summed E-state index contributed by atoms with van der Waals surface area (Å²) in [5.74, 6) is -0.877. The van der Waals surface area contributed by atoms with E-state index in [-0.39, 0.29) is 41.0 Å². The highest BCUT2D eigenvalue weighted by molar-refractivity contribution is 5.66. The highest BCUT2D eigenvalue weighted by Gasteiger charge is 2.34. The SMILES string of the molecule is CC1CC(c2ccncc2Nc2ncc3ccc(-c4c(F)cc(OC5CCOC5)cc4F)nn23)CC(N)C1O. The van der Waals surface area contributed by atoms with Gasteiger partial charge >= 0.3 is 0 Å². The van der Waals surface area contributed by atoms with Crippen LogP contribution < -0.4 is 15.8 Å². The Balaban J connectivity index is 1.30. The number of ether oxygens (including phenoxy) is 2. The Morgan fingerprint density at radius 2 is 1.97 bits per heavy atom. The predicted molar refractivity (Wildman–Crippen MR) is 141 cm³/mol. The second kappa shape index (κ2) is 10.5. The van der Waals surface area contributed by atoms with Gasteiger partial charge in [0.25, 0.3) is 0 Å². The molecule has 0 amide bonds. The first-order chi connectivity index (χ1) is 18.9. The molecule has 6 rings (SSSR count). The third kappa shape index (κ3) is 5.05. The summed E-state index contributed by atoms with van der Waals surface area (Å²) in [6, 6.07) is 7.22. The van der Waals surface area contributed by atoms with Crippen LogP contribution in [0.4, 0.5) is 20.4 Å². The van der Waals surface area contributed by atoms with Crippen molar-refractivity contribution >= 4 is 17.2 Å². The van der Waals surface area contributed by atoms with Crippen LogP contribution in [0, 0.1) is 17.6 Å². The fourth-order valence-corrected chi connectivity index (χ4v) is 5.58. The number of nitrogens with one attached hydrogen (secondary N) is 1. The minimum Gasteiger partial charge on any atom is -0.488 e. The van der Waals surface area contributed by atoms with Crippen molar-refractivity contribution in [3.05, 3.63) is 66.1 Å². The molecule has 2 fully saturated rings. The first kappa shape index (κ1) is 25.6. The van der Waals surface area contributed by atoms with E-state index in [1.807, 2.05) is 13.0 Å². The Hall–Kier alpha value is -3.67. The number of fused-ring (bicyclic) bond motifs is 1. The molecule has 0 radical (unpaired) electrons. The van der Waals surface area contributed by atoms with Gasteiger partial charge in [-0.25, -0.2) is 13.8 Å². The van der Waals surface area contributed by atoms with E-state index in [1.165, 1.54) is 16.6 Å². The minimum atomic E-state index is -0.773. The zero-order chi connectivity index (χ0) is 27.1. The van der Waals surface area contributed by atoms with Gasteiger partial charge < -0.3 is 25.6 Å². The normalized spacial score (nSPS) is 25.2. The van der Waals surface area contributed by atoms with E-state index in [4.69, 9.17) is 15.2 Å². The summed E-state index contributed by atoms with van der Waals surface area (Å²) < 4.78 is 42.7. The maximum Gasteiger partial charge on any atom is 0.229 e. The van der Waals surface area contributed by atoms with Crippen LogP contribution in [0.15, 0.2) is 48.9 Å². The summed E-state index contributed by atoms with van der Waals surface area (Å²) in [4.78, 5) is 8.71. The largest absolute Gasteiger partial charge is 0.488 e. The second-order valence-electron chi connectivity index (χ2n) is 10.4. The van der Waals surface area contributed by atoms with Crippen molar-refractivity contribution in [1.29, 1.82) is 0 Å². The number of nitrogens with two attached hydrogens (primary N) is 1. The molecular weight excluding hydrogens is 506 g/mol. The van der Waals surface area contributed by atoms with E-state index in [1.54, 1.807) is 30.7 Å². The summed E-state index contributed by atoms with van der Waals surface area (Å²) in [6.07, 6.45) is 6.39. The summed E-state index contributed by atoms with van der Waals surface area (Å²) in [7, 11) is 0. The van der Waals surface area contributed by atoms with Gasteiger partial charge in [0.1, 0.15) is 23.5 Å². The van der Waals surface area contributed by atoms with Crippen LogP contribution in [0.2, 0.25) is 0 Å². The highest BCUT2D eigenvalue weighted by Crippen LogP contribution is 2.39. The van der Waals surface area contributed by atoms with Crippen LogP contribution in [0.3, 0.4) is 0 Å². The molecule has 3 aromatic heterocycles. The topological polar surface area (TPSA) is 120 Å². The van der Waals surface area contributed by atoms with E-state index >= 15 is 8.78 Å². The third-order valence-electron chi connectivity index (χ3n) is 7.62. The van der Waals surface area contributed by atoms with Crippen molar-refractivity contribution in [2.24, 2.45) is 11.7 Å². The number of aromatic nitrogens is 4. The van der Waals surface area contributed by atoms with Gasteiger partial charge in [0.05, 0.1) is 54.2 Å². The highest BCUT2D eigenvalue weighted by atomic mass is 19.1. The van der Waals surface area contributed by atoms with Gasteiger partial charge in [-0.3, -0.25) is 4.98 Å². The van der Waals surface area contributed by atoms with Crippen LogP contribution in [0.5, 0.6) is 5.75 Å². The van der Waals surface area contributed by atoms with Crippen molar-refractivity contribution in [2.45, 2.75) is 50.4 Å². The van der Waals surface area contributed by atoms with Crippen molar-refractivity contribution in [3.8, 4) is 17.0 Å². The number of anilines is 2.